The first-order chi connectivity index (χ1) is 9.68. The van der Waals surface area contributed by atoms with Crippen molar-refractivity contribution >= 4 is 5.78 Å². The highest BCUT2D eigenvalue weighted by atomic mass is 16.5. The molecule has 1 aromatic rings. The zero-order valence-electron chi connectivity index (χ0n) is 12.6. The van der Waals surface area contributed by atoms with Gasteiger partial charge in [-0.05, 0) is 25.3 Å². The molecule has 0 radical (unpaired) electrons. The Kier molecular flexibility index (Phi) is 4.64. The molecule has 0 bridgehead atoms. The minimum atomic E-state index is -0.367. The van der Waals surface area contributed by atoms with E-state index in [4.69, 9.17) is 4.74 Å². The number of hydrogen-bond acceptors (Lipinski definition) is 2. The van der Waals surface area contributed by atoms with E-state index in [1.807, 2.05) is 24.3 Å². The summed E-state index contributed by atoms with van der Waals surface area (Å²) in [6.45, 7) is 6.13. The minimum Gasteiger partial charge on any atom is -0.496 e. The van der Waals surface area contributed by atoms with E-state index in [0.29, 0.717) is 0 Å². The number of unbranched alkanes of at least 4 members (excludes halogenated alkanes) is 2. The van der Waals surface area contributed by atoms with Gasteiger partial charge in [0.05, 0.1) is 12.5 Å². The molecule has 108 valence electrons. The standard InChI is InChI=1S/C18H24O2/c1-4-6-7-12-18(5-2)13-11-14-15(17(18)19)9-8-10-16(14)20-3/h5,8-10H,2,4,6-7,11-13H2,1,3H3. The molecule has 1 atom stereocenters. The molecule has 1 unspecified atom stereocenters. The SMILES string of the molecule is C=CC1(CCCCC)CCc2c(OC)cccc2C1=O. The van der Waals surface area contributed by atoms with Crippen molar-refractivity contribution < 1.29 is 9.53 Å². The van der Waals surface area contributed by atoms with Crippen LogP contribution in [0.2, 0.25) is 0 Å². The van der Waals surface area contributed by atoms with Gasteiger partial charge >= 0.3 is 0 Å². The van der Waals surface area contributed by atoms with Gasteiger partial charge in [0.1, 0.15) is 5.75 Å². The van der Waals surface area contributed by atoms with Crippen molar-refractivity contribution in [2.24, 2.45) is 5.41 Å². The number of ketones is 1. The number of carbonyl (C=O) groups excluding carboxylic acids is 1. The highest BCUT2D eigenvalue weighted by molar-refractivity contribution is 6.04. The first kappa shape index (κ1) is 14.8. The molecule has 0 saturated heterocycles. The molecule has 0 spiro atoms. The van der Waals surface area contributed by atoms with Crippen LogP contribution in [0, 0.1) is 5.41 Å². The summed E-state index contributed by atoms with van der Waals surface area (Å²) in [5.41, 5.74) is 1.52. The Morgan fingerprint density at radius 1 is 1.40 bits per heavy atom. The fraction of sp³-hybridized carbons (Fsp3) is 0.500. The summed E-state index contributed by atoms with van der Waals surface area (Å²) in [5, 5.41) is 0. The second kappa shape index (κ2) is 6.25. The fourth-order valence-electron chi connectivity index (χ4n) is 3.18. The van der Waals surface area contributed by atoms with Crippen molar-refractivity contribution in [1.82, 2.24) is 0 Å². The summed E-state index contributed by atoms with van der Waals surface area (Å²) in [4.78, 5) is 12.9. The van der Waals surface area contributed by atoms with Crippen molar-refractivity contribution in [3.05, 3.63) is 42.0 Å². The minimum absolute atomic E-state index is 0.226. The van der Waals surface area contributed by atoms with Gasteiger partial charge in [0.2, 0.25) is 0 Å². The largest absolute Gasteiger partial charge is 0.496 e. The van der Waals surface area contributed by atoms with Crippen LogP contribution in [0.5, 0.6) is 5.75 Å². The van der Waals surface area contributed by atoms with Gasteiger partial charge in [-0.3, -0.25) is 4.79 Å². The average molecular weight is 272 g/mol. The predicted octanol–water partition coefficient (Wildman–Crippen LogP) is 4.58. The summed E-state index contributed by atoms with van der Waals surface area (Å²) in [6.07, 6.45) is 7.98. The van der Waals surface area contributed by atoms with Crippen LogP contribution in [-0.4, -0.2) is 12.9 Å². The molecule has 2 rings (SSSR count). The van der Waals surface area contributed by atoms with Gasteiger partial charge in [-0.25, -0.2) is 0 Å². The van der Waals surface area contributed by atoms with Crippen LogP contribution in [0.25, 0.3) is 0 Å². The monoisotopic (exact) mass is 272 g/mol. The summed E-state index contributed by atoms with van der Waals surface area (Å²) in [5.74, 6) is 1.06. The number of allylic oxidation sites excluding steroid dienone is 1. The molecular formula is C18H24O2. The van der Waals surface area contributed by atoms with Crippen molar-refractivity contribution in [3.63, 3.8) is 0 Å². The third-order valence-electron chi connectivity index (χ3n) is 4.49. The third kappa shape index (κ3) is 2.52. The van der Waals surface area contributed by atoms with Crippen LogP contribution in [-0.2, 0) is 6.42 Å². The van der Waals surface area contributed by atoms with Crippen LogP contribution >= 0.6 is 0 Å². The lowest BCUT2D eigenvalue weighted by Gasteiger charge is -2.34. The van der Waals surface area contributed by atoms with Gasteiger partial charge in [0.25, 0.3) is 0 Å². The summed E-state index contributed by atoms with van der Waals surface area (Å²) < 4.78 is 5.38. The Morgan fingerprint density at radius 3 is 2.85 bits per heavy atom. The summed E-state index contributed by atoms with van der Waals surface area (Å²) in [6, 6.07) is 5.77. The van der Waals surface area contributed by atoms with Crippen molar-refractivity contribution in [2.45, 2.75) is 45.4 Å². The molecule has 1 aromatic carbocycles. The maximum absolute atomic E-state index is 12.9. The molecule has 0 aromatic heterocycles. The lowest BCUT2D eigenvalue weighted by Crippen LogP contribution is -2.34. The second-order valence-corrected chi connectivity index (χ2v) is 5.63. The van der Waals surface area contributed by atoms with Gasteiger partial charge in [-0.2, -0.15) is 0 Å². The Bertz CT molecular complexity index is 504. The number of benzene rings is 1. The summed E-state index contributed by atoms with van der Waals surface area (Å²) in [7, 11) is 1.66. The van der Waals surface area contributed by atoms with E-state index in [9.17, 15) is 4.79 Å². The smallest absolute Gasteiger partial charge is 0.173 e. The van der Waals surface area contributed by atoms with Crippen molar-refractivity contribution in [2.75, 3.05) is 7.11 Å². The Morgan fingerprint density at radius 2 is 2.20 bits per heavy atom. The van der Waals surface area contributed by atoms with Gasteiger partial charge in [-0.15, -0.1) is 6.58 Å². The first-order valence-electron chi connectivity index (χ1n) is 7.53. The number of fused-ring (bicyclic) bond motifs is 1. The maximum Gasteiger partial charge on any atom is 0.173 e. The molecule has 1 aliphatic carbocycles. The van der Waals surface area contributed by atoms with E-state index in [1.165, 1.54) is 12.8 Å². The average Bonchev–Trinajstić information content (AvgIpc) is 2.49. The van der Waals surface area contributed by atoms with E-state index < -0.39 is 0 Å². The maximum atomic E-state index is 12.9. The number of Topliss-reactive ketones (excluding diaryl/α,β-unsaturated/α-hetero) is 1. The molecule has 0 fully saturated rings. The van der Waals surface area contributed by atoms with E-state index in [1.54, 1.807) is 7.11 Å². The van der Waals surface area contributed by atoms with Crippen molar-refractivity contribution in [1.29, 1.82) is 0 Å². The number of methoxy groups -OCH3 is 1. The van der Waals surface area contributed by atoms with Gasteiger partial charge in [-0.1, -0.05) is 44.4 Å². The van der Waals surface area contributed by atoms with Crippen LogP contribution in [0.15, 0.2) is 30.9 Å². The Hall–Kier alpha value is -1.57. The number of hydrogen-bond donors (Lipinski definition) is 0. The molecule has 0 amide bonds. The number of rotatable bonds is 6. The summed E-state index contributed by atoms with van der Waals surface area (Å²) >= 11 is 0. The molecule has 0 aliphatic heterocycles. The molecule has 0 saturated carbocycles. The highest BCUT2D eigenvalue weighted by Crippen LogP contribution is 2.42. The zero-order chi connectivity index (χ0) is 14.6. The molecular weight excluding hydrogens is 248 g/mol. The van der Waals surface area contributed by atoms with E-state index in [0.717, 1.165) is 42.6 Å². The molecule has 0 heterocycles. The first-order valence-corrected chi connectivity index (χ1v) is 7.53. The van der Waals surface area contributed by atoms with Gasteiger partial charge in [0, 0.05) is 11.1 Å². The topological polar surface area (TPSA) is 26.3 Å². The molecule has 1 aliphatic rings. The predicted molar refractivity (Wildman–Crippen MR) is 82.4 cm³/mol. The Labute approximate surface area is 121 Å². The van der Waals surface area contributed by atoms with Crippen LogP contribution in [0.3, 0.4) is 0 Å². The molecule has 2 nitrogen and oxygen atoms in total. The third-order valence-corrected chi connectivity index (χ3v) is 4.49. The molecule has 0 N–H and O–H groups in total. The second-order valence-electron chi connectivity index (χ2n) is 5.63. The normalized spacial score (nSPS) is 21.4. The zero-order valence-corrected chi connectivity index (χ0v) is 12.6. The highest BCUT2D eigenvalue weighted by Gasteiger charge is 2.40. The lowest BCUT2D eigenvalue weighted by molar-refractivity contribution is 0.0808. The fourth-order valence-corrected chi connectivity index (χ4v) is 3.18. The van der Waals surface area contributed by atoms with E-state index in [2.05, 4.69) is 13.5 Å². The lowest BCUT2D eigenvalue weighted by atomic mass is 9.67. The van der Waals surface area contributed by atoms with E-state index >= 15 is 0 Å². The number of carbonyl (C=O) groups is 1. The van der Waals surface area contributed by atoms with Gasteiger partial charge in [0.15, 0.2) is 5.78 Å². The Balaban J connectivity index is 2.32. The quantitative estimate of drug-likeness (QED) is 0.560. The van der Waals surface area contributed by atoms with Crippen LogP contribution in [0.1, 0.15) is 54.9 Å². The van der Waals surface area contributed by atoms with Crippen LogP contribution in [0.4, 0.5) is 0 Å². The van der Waals surface area contributed by atoms with Crippen LogP contribution < -0.4 is 4.74 Å². The number of ether oxygens (including phenoxy) is 1. The molecule has 20 heavy (non-hydrogen) atoms. The molecule has 2 heteroatoms. The van der Waals surface area contributed by atoms with Gasteiger partial charge < -0.3 is 4.74 Å². The van der Waals surface area contributed by atoms with Crippen molar-refractivity contribution in [3.8, 4) is 5.75 Å². The van der Waals surface area contributed by atoms with E-state index in [-0.39, 0.29) is 11.2 Å².